The summed E-state index contributed by atoms with van der Waals surface area (Å²) in [6, 6.07) is 0. The number of ether oxygens (including phenoxy) is 2. The first-order chi connectivity index (χ1) is 10.2. The minimum absolute atomic E-state index is 0.770. The van der Waals surface area contributed by atoms with E-state index in [-0.39, 0.29) is 0 Å². The summed E-state index contributed by atoms with van der Waals surface area (Å²) in [5, 5.41) is 68.9. The molecule has 0 aromatic heterocycles. The molecule has 0 bridgehead atoms. The van der Waals surface area contributed by atoms with Crippen LogP contribution in [0.1, 0.15) is 13.8 Å². The standard InChI is InChI=1S/C13H24O9/c1-3-5(14)9(18)12(10(19)6(3)15)22-13-11(20)8(17)7(16)4(2)21-13/h3-20H,1-2H3/t3-,4?,5?,6?,7-,8?,9?,10?,11?,12-,13-/m0/s1. The lowest BCUT2D eigenvalue weighted by Crippen LogP contribution is -2.64. The van der Waals surface area contributed by atoms with Crippen molar-refractivity contribution in [2.75, 3.05) is 0 Å². The second kappa shape index (κ2) is 6.63. The van der Waals surface area contributed by atoms with E-state index in [4.69, 9.17) is 9.47 Å². The molecule has 7 N–H and O–H groups in total. The third-order valence-electron chi connectivity index (χ3n) is 4.55. The molecule has 9 heteroatoms. The number of hydrogen-bond acceptors (Lipinski definition) is 9. The van der Waals surface area contributed by atoms with E-state index in [2.05, 4.69) is 0 Å². The van der Waals surface area contributed by atoms with E-state index in [1.165, 1.54) is 13.8 Å². The lowest BCUT2D eigenvalue weighted by molar-refractivity contribution is -0.332. The van der Waals surface area contributed by atoms with Crippen LogP contribution in [0.4, 0.5) is 0 Å². The first-order valence-corrected chi connectivity index (χ1v) is 7.24. The molecule has 130 valence electrons. The molecule has 9 nitrogen and oxygen atoms in total. The van der Waals surface area contributed by atoms with E-state index in [9.17, 15) is 35.7 Å². The van der Waals surface area contributed by atoms with Crippen molar-refractivity contribution in [3.05, 3.63) is 0 Å². The highest BCUT2D eigenvalue weighted by atomic mass is 16.7. The van der Waals surface area contributed by atoms with Crippen molar-refractivity contribution in [3.63, 3.8) is 0 Å². The van der Waals surface area contributed by atoms with Crippen LogP contribution in [0.15, 0.2) is 0 Å². The van der Waals surface area contributed by atoms with Crippen LogP contribution in [-0.2, 0) is 9.47 Å². The Balaban J connectivity index is 2.11. The molecule has 2 fully saturated rings. The highest BCUT2D eigenvalue weighted by Crippen LogP contribution is 2.31. The molecule has 2 aliphatic rings. The van der Waals surface area contributed by atoms with Crippen LogP contribution in [0.2, 0.25) is 0 Å². The molecular weight excluding hydrogens is 300 g/mol. The summed E-state index contributed by atoms with van der Waals surface area (Å²) in [6.07, 6.45) is -13.9. The molecule has 0 aromatic rings. The van der Waals surface area contributed by atoms with E-state index in [1.54, 1.807) is 0 Å². The van der Waals surface area contributed by atoms with Gasteiger partial charge in [-0.15, -0.1) is 0 Å². The van der Waals surface area contributed by atoms with Gasteiger partial charge in [0.25, 0.3) is 0 Å². The Labute approximate surface area is 127 Å². The van der Waals surface area contributed by atoms with Crippen molar-refractivity contribution >= 4 is 0 Å². The van der Waals surface area contributed by atoms with Gasteiger partial charge >= 0.3 is 0 Å². The fourth-order valence-corrected chi connectivity index (χ4v) is 2.86. The first-order valence-electron chi connectivity index (χ1n) is 7.24. The van der Waals surface area contributed by atoms with Gasteiger partial charge < -0.3 is 45.2 Å². The zero-order chi connectivity index (χ0) is 16.8. The summed E-state index contributed by atoms with van der Waals surface area (Å²) in [7, 11) is 0. The predicted octanol–water partition coefficient (Wildman–Crippen LogP) is -3.71. The van der Waals surface area contributed by atoms with Gasteiger partial charge in [0, 0.05) is 5.92 Å². The first kappa shape index (κ1) is 18.0. The van der Waals surface area contributed by atoms with Gasteiger partial charge in [-0.3, -0.25) is 0 Å². The number of aliphatic hydroxyl groups excluding tert-OH is 7. The molecule has 9 atom stereocenters. The smallest absolute Gasteiger partial charge is 0.187 e. The zero-order valence-corrected chi connectivity index (χ0v) is 12.3. The topological polar surface area (TPSA) is 160 Å². The molecule has 0 aromatic carbocycles. The summed E-state index contributed by atoms with van der Waals surface area (Å²) in [5.74, 6) is -0.770. The molecule has 1 saturated heterocycles. The molecule has 1 aliphatic carbocycles. The fraction of sp³-hybridized carbons (Fsp3) is 1.00. The maximum absolute atomic E-state index is 10.0. The van der Waals surface area contributed by atoms with Gasteiger partial charge in [-0.05, 0) is 6.92 Å². The third-order valence-corrected chi connectivity index (χ3v) is 4.55. The fourth-order valence-electron chi connectivity index (χ4n) is 2.86. The van der Waals surface area contributed by atoms with Crippen LogP contribution >= 0.6 is 0 Å². The van der Waals surface area contributed by atoms with Gasteiger partial charge in [0.1, 0.15) is 36.6 Å². The average Bonchev–Trinajstić information content (AvgIpc) is 2.50. The second-order valence-electron chi connectivity index (χ2n) is 6.10. The Hall–Kier alpha value is -0.360. The van der Waals surface area contributed by atoms with Crippen LogP contribution in [-0.4, -0.2) is 97.0 Å². The molecule has 1 saturated carbocycles. The quantitative estimate of drug-likeness (QED) is 0.271. The Morgan fingerprint density at radius 1 is 0.636 bits per heavy atom. The van der Waals surface area contributed by atoms with Gasteiger partial charge in [-0.25, -0.2) is 0 Å². The molecule has 0 spiro atoms. The van der Waals surface area contributed by atoms with E-state index in [0.717, 1.165) is 0 Å². The summed E-state index contributed by atoms with van der Waals surface area (Å²) >= 11 is 0. The third kappa shape index (κ3) is 3.01. The van der Waals surface area contributed by atoms with Crippen molar-refractivity contribution in [1.82, 2.24) is 0 Å². The van der Waals surface area contributed by atoms with E-state index in [0.29, 0.717) is 0 Å². The summed E-state index contributed by atoms with van der Waals surface area (Å²) in [4.78, 5) is 0. The SMILES string of the molecule is CC1O[C@@H](O[C@H]2C(O)C(O)[C@H](C)C(O)C2O)C(O)C(O)[C@H]1O. The molecular formula is C13H24O9. The highest BCUT2D eigenvalue weighted by Gasteiger charge is 2.51. The van der Waals surface area contributed by atoms with Gasteiger partial charge in [-0.2, -0.15) is 0 Å². The number of rotatable bonds is 2. The highest BCUT2D eigenvalue weighted by molar-refractivity contribution is 4.98. The molecule has 2 rings (SSSR count). The second-order valence-corrected chi connectivity index (χ2v) is 6.10. The van der Waals surface area contributed by atoms with Gasteiger partial charge in [0.05, 0.1) is 18.3 Å². The maximum atomic E-state index is 10.0. The lowest BCUT2D eigenvalue weighted by atomic mass is 9.79. The monoisotopic (exact) mass is 324 g/mol. The number of hydrogen-bond donors (Lipinski definition) is 7. The molecule has 22 heavy (non-hydrogen) atoms. The summed E-state index contributed by atoms with van der Waals surface area (Å²) in [5.41, 5.74) is 0. The zero-order valence-electron chi connectivity index (χ0n) is 12.3. The molecule has 0 amide bonds. The average molecular weight is 324 g/mol. The molecule has 7 unspecified atom stereocenters. The van der Waals surface area contributed by atoms with Crippen LogP contribution in [0, 0.1) is 5.92 Å². The van der Waals surface area contributed by atoms with Gasteiger partial charge in [0.15, 0.2) is 6.29 Å². The summed E-state index contributed by atoms with van der Waals surface area (Å²) < 4.78 is 10.5. The van der Waals surface area contributed by atoms with Crippen LogP contribution in [0.25, 0.3) is 0 Å². The Kier molecular flexibility index (Phi) is 5.42. The lowest BCUT2D eigenvalue weighted by Gasteiger charge is -2.46. The van der Waals surface area contributed by atoms with Gasteiger partial charge in [-0.1, -0.05) is 6.92 Å². The van der Waals surface area contributed by atoms with Gasteiger partial charge in [0.2, 0.25) is 0 Å². The normalized spacial score (nSPS) is 56.9. The van der Waals surface area contributed by atoms with Crippen molar-refractivity contribution in [2.24, 2.45) is 5.92 Å². The van der Waals surface area contributed by atoms with Crippen molar-refractivity contribution < 1.29 is 45.2 Å². The number of aliphatic hydroxyl groups is 7. The Morgan fingerprint density at radius 3 is 1.64 bits per heavy atom. The van der Waals surface area contributed by atoms with Crippen molar-refractivity contribution in [2.45, 2.75) is 75.1 Å². The molecule has 0 radical (unpaired) electrons. The Morgan fingerprint density at radius 2 is 1.14 bits per heavy atom. The molecule has 1 aliphatic heterocycles. The molecule has 1 heterocycles. The van der Waals surface area contributed by atoms with E-state index < -0.39 is 67.1 Å². The minimum Gasteiger partial charge on any atom is -0.390 e. The summed E-state index contributed by atoms with van der Waals surface area (Å²) in [6.45, 7) is 2.92. The van der Waals surface area contributed by atoms with Crippen LogP contribution in [0.3, 0.4) is 0 Å². The largest absolute Gasteiger partial charge is 0.390 e. The predicted molar refractivity (Wildman–Crippen MR) is 70.4 cm³/mol. The van der Waals surface area contributed by atoms with E-state index >= 15 is 0 Å². The van der Waals surface area contributed by atoms with E-state index in [1.807, 2.05) is 0 Å². The minimum atomic E-state index is -1.61. The van der Waals surface area contributed by atoms with Crippen LogP contribution < -0.4 is 0 Å². The maximum Gasteiger partial charge on any atom is 0.187 e. The Bertz CT molecular complexity index is 365. The van der Waals surface area contributed by atoms with Crippen molar-refractivity contribution in [3.8, 4) is 0 Å². The van der Waals surface area contributed by atoms with Crippen molar-refractivity contribution in [1.29, 1.82) is 0 Å². The van der Waals surface area contributed by atoms with Crippen LogP contribution in [0.5, 0.6) is 0 Å².